The van der Waals surface area contributed by atoms with Gasteiger partial charge < -0.3 is 4.74 Å². The Morgan fingerprint density at radius 1 is 1.32 bits per heavy atom. The molecule has 1 saturated carbocycles. The molecule has 19 heavy (non-hydrogen) atoms. The van der Waals surface area contributed by atoms with Crippen LogP contribution in [0.15, 0.2) is 23.1 Å². The molecule has 1 aliphatic rings. The number of carbonyl (C=O) groups excluding carboxylic acids is 1. The van der Waals surface area contributed by atoms with E-state index in [1.165, 1.54) is 0 Å². The highest BCUT2D eigenvalue weighted by molar-refractivity contribution is 7.92. The summed E-state index contributed by atoms with van der Waals surface area (Å²) in [4.78, 5) is 11.2. The summed E-state index contributed by atoms with van der Waals surface area (Å²) in [6.07, 6.45) is 1.20. The zero-order valence-electron chi connectivity index (χ0n) is 10.1. The maximum absolute atomic E-state index is 13.1. The first-order valence-electron chi connectivity index (χ1n) is 5.64. The summed E-state index contributed by atoms with van der Waals surface area (Å²) in [5.74, 6) is -3.58. The maximum atomic E-state index is 13.1. The van der Waals surface area contributed by atoms with E-state index in [2.05, 4.69) is 4.74 Å². The quantitative estimate of drug-likeness (QED) is 0.625. The standard InChI is InChI=1S/C12H12F2O4S/c1-18-12(15)11(7-2-3-7)19(16,17)8-4-5-9(13)10(14)6-8/h4-7,11H,2-3H2,1H3. The van der Waals surface area contributed by atoms with Gasteiger partial charge in [0.05, 0.1) is 12.0 Å². The van der Waals surface area contributed by atoms with E-state index in [0.717, 1.165) is 19.2 Å². The fraction of sp³-hybridized carbons (Fsp3) is 0.417. The number of benzene rings is 1. The van der Waals surface area contributed by atoms with E-state index >= 15 is 0 Å². The van der Waals surface area contributed by atoms with Crippen LogP contribution in [0.2, 0.25) is 0 Å². The Morgan fingerprint density at radius 3 is 2.42 bits per heavy atom. The van der Waals surface area contributed by atoms with Crippen LogP contribution in [-0.2, 0) is 19.4 Å². The Kier molecular flexibility index (Phi) is 3.58. The number of rotatable bonds is 4. The summed E-state index contributed by atoms with van der Waals surface area (Å²) in [5.41, 5.74) is 0. The molecule has 0 saturated heterocycles. The minimum Gasteiger partial charge on any atom is -0.468 e. The molecule has 0 aliphatic heterocycles. The van der Waals surface area contributed by atoms with Crippen molar-refractivity contribution in [2.24, 2.45) is 5.92 Å². The van der Waals surface area contributed by atoms with Crippen LogP contribution in [0.3, 0.4) is 0 Å². The fourth-order valence-corrected chi connectivity index (χ4v) is 3.84. The largest absolute Gasteiger partial charge is 0.468 e. The molecule has 0 aromatic heterocycles. The van der Waals surface area contributed by atoms with E-state index in [-0.39, 0.29) is 5.92 Å². The second-order valence-electron chi connectivity index (χ2n) is 4.40. The van der Waals surface area contributed by atoms with Gasteiger partial charge >= 0.3 is 5.97 Å². The lowest BCUT2D eigenvalue weighted by Crippen LogP contribution is -2.33. The lowest BCUT2D eigenvalue weighted by molar-refractivity contribution is -0.140. The molecular formula is C12H12F2O4S. The Hall–Kier alpha value is -1.50. The Morgan fingerprint density at radius 2 is 1.95 bits per heavy atom. The third-order valence-electron chi connectivity index (χ3n) is 3.04. The third kappa shape index (κ3) is 2.60. The molecule has 0 radical (unpaired) electrons. The molecule has 1 fully saturated rings. The molecule has 7 heteroatoms. The van der Waals surface area contributed by atoms with Crippen LogP contribution in [0, 0.1) is 17.6 Å². The molecule has 0 bridgehead atoms. The van der Waals surface area contributed by atoms with Crippen molar-refractivity contribution in [1.82, 2.24) is 0 Å². The normalized spacial score (nSPS) is 17.0. The molecule has 1 atom stereocenters. The average molecular weight is 290 g/mol. The van der Waals surface area contributed by atoms with E-state index in [1.807, 2.05) is 0 Å². The molecule has 2 rings (SSSR count). The second-order valence-corrected chi connectivity index (χ2v) is 6.47. The van der Waals surface area contributed by atoms with Gasteiger partial charge in [-0.1, -0.05) is 0 Å². The molecular weight excluding hydrogens is 278 g/mol. The van der Waals surface area contributed by atoms with E-state index in [0.29, 0.717) is 18.9 Å². The number of methoxy groups -OCH3 is 1. The first-order chi connectivity index (χ1) is 8.87. The Bertz CT molecular complexity index is 608. The topological polar surface area (TPSA) is 60.4 Å². The van der Waals surface area contributed by atoms with Crippen molar-refractivity contribution in [2.45, 2.75) is 23.0 Å². The van der Waals surface area contributed by atoms with Crippen LogP contribution in [0.4, 0.5) is 8.78 Å². The van der Waals surface area contributed by atoms with Gasteiger partial charge in [-0.2, -0.15) is 0 Å². The van der Waals surface area contributed by atoms with E-state index in [1.54, 1.807) is 0 Å². The van der Waals surface area contributed by atoms with Gasteiger partial charge in [-0.05, 0) is 37.0 Å². The average Bonchev–Trinajstić information content (AvgIpc) is 3.16. The van der Waals surface area contributed by atoms with Gasteiger partial charge in [0.2, 0.25) is 0 Å². The van der Waals surface area contributed by atoms with Gasteiger partial charge in [-0.15, -0.1) is 0 Å². The first kappa shape index (κ1) is 13.9. The zero-order chi connectivity index (χ0) is 14.2. The summed E-state index contributed by atoms with van der Waals surface area (Å²) >= 11 is 0. The van der Waals surface area contributed by atoms with E-state index in [9.17, 15) is 22.0 Å². The number of hydrogen-bond acceptors (Lipinski definition) is 4. The van der Waals surface area contributed by atoms with Crippen LogP contribution in [0.5, 0.6) is 0 Å². The Labute approximate surface area is 109 Å². The maximum Gasteiger partial charge on any atom is 0.324 e. The van der Waals surface area contributed by atoms with Gasteiger partial charge in [-0.3, -0.25) is 4.79 Å². The third-order valence-corrected chi connectivity index (χ3v) is 5.19. The molecule has 0 N–H and O–H groups in total. The smallest absolute Gasteiger partial charge is 0.324 e. The first-order valence-corrected chi connectivity index (χ1v) is 7.19. The Balaban J connectivity index is 2.44. The molecule has 1 aliphatic carbocycles. The summed E-state index contributed by atoms with van der Waals surface area (Å²) in [6.45, 7) is 0. The second kappa shape index (κ2) is 4.88. The molecule has 4 nitrogen and oxygen atoms in total. The monoisotopic (exact) mass is 290 g/mol. The van der Waals surface area contributed by atoms with Crippen molar-refractivity contribution >= 4 is 15.8 Å². The van der Waals surface area contributed by atoms with Crippen molar-refractivity contribution in [3.05, 3.63) is 29.8 Å². The van der Waals surface area contributed by atoms with Crippen molar-refractivity contribution in [3.63, 3.8) is 0 Å². The van der Waals surface area contributed by atoms with Crippen molar-refractivity contribution in [3.8, 4) is 0 Å². The molecule has 0 amide bonds. The predicted octanol–water partition coefficient (Wildman–Crippen LogP) is 1.69. The van der Waals surface area contributed by atoms with Crippen molar-refractivity contribution in [2.75, 3.05) is 7.11 Å². The number of hydrogen-bond donors (Lipinski definition) is 0. The molecule has 0 heterocycles. The fourth-order valence-electron chi connectivity index (χ4n) is 1.89. The van der Waals surface area contributed by atoms with Crippen LogP contribution >= 0.6 is 0 Å². The molecule has 1 unspecified atom stereocenters. The molecule has 1 aromatic rings. The highest BCUT2D eigenvalue weighted by Gasteiger charge is 2.46. The number of esters is 1. The summed E-state index contributed by atoms with van der Waals surface area (Å²) in [7, 11) is -2.97. The SMILES string of the molecule is COC(=O)C(C1CC1)S(=O)(=O)c1ccc(F)c(F)c1. The van der Waals surface area contributed by atoms with Crippen LogP contribution < -0.4 is 0 Å². The van der Waals surface area contributed by atoms with Crippen LogP contribution in [-0.4, -0.2) is 26.7 Å². The van der Waals surface area contributed by atoms with Crippen LogP contribution in [0.25, 0.3) is 0 Å². The zero-order valence-corrected chi connectivity index (χ0v) is 10.9. The highest BCUT2D eigenvalue weighted by atomic mass is 32.2. The number of sulfone groups is 1. The van der Waals surface area contributed by atoms with Gasteiger partial charge in [0.15, 0.2) is 26.7 Å². The predicted molar refractivity (Wildman–Crippen MR) is 62.1 cm³/mol. The van der Waals surface area contributed by atoms with Crippen molar-refractivity contribution in [1.29, 1.82) is 0 Å². The van der Waals surface area contributed by atoms with Gasteiger partial charge in [0, 0.05) is 0 Å². The van der Waals surface area contributed by atoms with Gasteiger partial charge in [0.1, 0.15) is 0 Å². The molecule has 1 aromatic carbocycles. The minimum absolute atomic E-state index is 0.314. The van der Waals surface area contributed by atoms with Gasteiger partial charge in [-0.25, -0.2) is 17.2 Å². The van der Waals surface area contributed by atoms with Crippen LogP contribution in [0.1, 0.15) is 12.8 Å². The van der Waals surface area contributed by atoms with E-state index < -0.39 is 37.6 Å². The summed E-state index contributed by atoms with van der Waals surface area (Å²) < 4.78 is 55.0. The van der Waals surface area contributed by atoms with Gasteiger partial charge in [0.25, 0.3) is 0 Å². The number of halogens is 2. The van der Waals surface area contributed by atoms with Crippen molar-refractivity contribution < 1.29 is 26.7 Å². The lowest BCUT2D eigenvalue weighted by atomic mass is 10.3. The summed E-state index contributed by atoms with van der Waals surface area (Å²) in [6, 6.07) is 2.26. The summed E-state index contributed by atoms with van der Waals surface area (Å²) in [5, 5.41) is -1.35. The number of ether oxygens (including phenoxy) is 1. The minimum atomic E-state index is -4.07. The highest BCUT2D eigenvalue weighted by Crippen LogP contribution is 2.39. The molecule has 104 valence electrons. The lowest BCUT2D eigenvalue weighted by Gasteiger charge is -2.14. The van der Waals surface area contributed by atoms with E-state index in [4.69, 9.17) is 0 Å². The molecule has 0 spiro atoms. The number of carbonyl (C=O) groups is 1.